The number of carbonyl (C=O) groups is 1. The Bertz CT molecular complexity index is 629. The number of pyridine rings is 1. The zero-order valence-corrected chi connectivity index (χ0v) is 13.8. The number of nitrogens with zero attached hydrogens (tertiary/aromatic N) is 1. The van der Waals surface area contributed by atoms with Gasteiger partial charge in [-0.1, -0.05) is 45.0 Å². The van der Waals surface area contributed by atoms with E-state index in [9.17, 15) is 4.79 Å². The first-order valence-corrected chi connectivity index (χ1v) is 7.65. The Kier molecular flexibility index (Phi) is 4.96. The molecular formula is C19H24N2O. The van der Waals surface area contributed by atoms with E-state index in [1.807, 2.05) is 37.4 Å². The molecule has 1 aromatic carbocycles. The van der Waals surface area contributed by atoms with Crippen LogP contribution in [0.15, 0.2) is 48.8 Å². The summed E-state index contributed by atoms with van der Waals surface area (Å²) in [6.45, 7) is 8.23. The maximum atomic E-state index is 12.1. The van der Waals surface area contributed by atoms with Crippen LogP contribution in [0, 0.1) is 5.41 Å². The lowest BCUT2D eigenvalue weighted by Gasteiger charge is -2.20. The van der Waals surface area contributed by atoms with Gasteiger partial charge in [0.2, 0.25) is 5.91 Å². The molecule has 1 heterocycles. The second-order valence-electron chi connectivity index (χ2n) is 6.89. The summed E-state index contributed by atoms with van der Waals surface area (Å²) in [6.07, 6.45) is 4.14. The van der Waals surface area contributed by atoms with E-state index in [2.05, 4.69) is 43.2 Å². The lowest BCUT2D eigenvalue weighted by Crippen LogP contribution is -2.29. The molecule has 1 N–H and O–H groups in total. The molecule has 0 radical (unpaired) electrons. The highest BCUT2D eigenvalue weighted by atomic mass is 16.1. The molecule has 0 fully saturated rings. The van der Waals surface area contributed by atoms with E-state index in [-0.39, 0.29) is 17.4 Å². The molecule has 22 heavy (non-hydrogen) atoms. The molecule has 0 bridgehead atoms. The van der Waals surface area contributed by atoms with Gasteiger partial charge < -0.3 is 5.32 Å². The number of hydrogen-bond donors (Lipinski definition) is 1. The van der Waals surface area contributed by atoms with Crippen molar-refractivity contribution in [2.24, 2.45) is 5.41 Å². The van der Waals surface area contributed by atoms with Crippen molar-refractivity contribution in [3.63, 3.8) is 0 Å². The summed E-state index contributed by atoms with van der Waals surface area (Å²) < 4.78 is 0. The maximum absolute atomic E-state index is 12.1. The lowest BCUT2D eigenvalue weighted by molar-refractivity contribution is -0.123. The van der Waals surface area contributed by atoms with Crippen molar-refractivity contribution < 1.29 is 4.79 Å². The third-order valence-electron chi connectivity index (χ3n) is 3.45. The van der Waals surface area contributed by atoms with Gasteiger partial charge in [0.1, 0.15) is 0 Å². The van der Waals surface area contributed by atoms with Crippen LogP contribution in [0.25, 0.3) is 11.1 Å². The molecule has 0 unspecified atom stereocenters. The first kappa shape index (κ1) is 16.2. The smallest absolute Gasteiger partial charge is 0.220 e. The van der Waals surface area contributed by atoms with Gasteiger partial charge in [-0.05, 0) is 41.2 Å². The molecule has 1 aromatic heterocycles. The van der Waals surface area contributed by atoms with Gasteiger partial charge in [0.15, 0.2) is 0 Å². The van der Waals surface area contributed by atoms with Gasteiger partial charge >= 0.3 is 0 Å². The van der Waals surface area contributed by atoms with Crippen molar-refractivity contribution in [2.45, 2.75) is 40.2 Å². The third-order valence-corrected chi connectivity index (χ3v) is 3.45. The first-order chi connectivity index (χ1) is 10.3. The molecule has 2 aromatic rings. The Morgan fingerprint density at radius 1 is 1.18 bits per heavy atom. The largest absolute Gasteiger partial charge is 0.350 e. The summed E-state index contributed by atoms with van der Waals surface area (Å²) in [5.41, 5.74) is 3.30. The minimum absolute atomic E-state index is 0.00135. The quantitative estimate of drug-likeness (QED) is 0.910. The molecule has 1 amide bonds. The number of nitrogens with one attached hydrogen (secondary N) is 1. The molecule has 1 atom stereocenters. The molecule has 0 saturated heterocycles. The standard InChI is InChI=1S/C19H24N2O/c1-14(21-18(22)12-19(2,3)4)15-7-5-8-16(11-15)17-9-6-10-20-13-17/h5-11,13-14H,12H2,1-4H3,(H,21,22)/t14-/m0/s1. The van der Waals surface area contributed by atoms with E-state index in [0.29, 0.717) is 6.42 Å². The number of benzene rings is 1. The summed E-state index contributed by atoms with van der Waals surface area (Å²) in [4.78, 5) is 16.2. The second-order valence-corrected chi connectivity index (χ2v) is 6.89. The zero-order chi connectivity index (χ0) is 16.2. The van der Waals surface area contributed by atoms with Crippen molar-refractivity contribution >= 4 is 5.91 Å². The van der Waals surface area contributed by atoms with Gasteiger partial charge in [-0.2, -0.15) is 0 Å². The summed E-state index contributed by atoms with van der Waals surface area (Å²) in [5.74, 6) is 0.0896. The fourth-order valence-electron chi connectivity index (χ4n) is 2.38. The fraction of sp³-hybridized carbons (Fsp3) is 0.368. The second kappa shape index (κ2) is 6.73. The van der Waals surface area contributed by atoms with Crippen molar-refractivity contribution in [3.05, 3.63) is 54.4 Å². The lowest BCUT2D eigenvalue weighted by atomic mass is 9.91. The minimum atomic E-state index is -0.00790. The highest BCUT2D eigenvalue weighted by Crippen LogP contribution is 2.23. The van der Waals surface area contributed by atoms with Crippen LogP contribution in [-0.4, -0.2) is 10.9 Å². The molecular weight excluding hydrogens is 272 g/mol. The zero-order valence-electron chi connectivity index (χ0n) is 13.8. The van der Waals surface area contributed by atoms with Crippen LogP contribution >= 0.6 is 0 Å². The van der Waals surface area contributed by atoms with E-state index in [1.165, 1.54) is 0 Å². The van der Waals surface area contributed by atoms with Gasteiger partial charge in [0.25, 0.3) is 0 Å². The average molecular weight is 296 g/mol. The Balaban J connectivity index is 2.11. The number of aromatic nitrogens is 1. The topological polar surface area (TPSA) is 42.0 Å². The average Bonchev–Trinajstić information content (AvgIpc) is 2.46. The van der Waals surface area contributed by atoms with Crippen LogP contribution in [0.2, 0.25) is 0 Å². The number of amides is 1. The van der Waals surface area contributed by atoms with Gasteiger partial charge in [0.05, 0.1) is 6.04 Å². The maximum Gasteiger partial charge on any atom is 0.220 e. The predicted molar refractivity (Wildman–Crippen MR) is 90.3 cm³/mol. The van der Waals surface area contributed by atoms with Gasteiger partial charge in [0, 0.05) is 18.8 Å². The van der Waals surface area contributed by atoms with Crippen LogP contribution in [0.3, 0.4) is 0 Å². The normalized spacial score (nSPS) is 12.7. The molecule has 3 heteroatoms. The molecule has 3 nitrogen and oxygen atoms in total. The highest BCUT2D eigenvalue weighted by Gasteiger charge is 2.18. The number of carbonyl (C=O) groups excluding carboxylic acids is 1. The SMILES string of the molecule is C[C@H](NC(=O)CC(C)(C)C)c1cccc(-c2cccnc2)c1. The first-order valence-electron chi connectivity index (χ1n) is 7.65. The Morgan fingerprint density at radius 3 is 2.55 bits per heavy atom. The molecule has 0 aliphatic heterocycles. The van der Waals surface area contributed by atoms with Gasteiger partial charge in [-0.3, -0.25) is 9.78 Å². The summed E-state index contributed by atoms with van der Waals surface area (Å²) in [7, 11) is 0. The Hall–Kier alpha value is -2.16. The van der Waals surface area contributed by atoms with Crippen molar-refractivity contribution in [1.82, 2.24) is 10.3 Å². The van der Waals surface area contributed by atoms with Crippen LogP contribution in [0.5, 0.6) is 0 Å². The van der Waals surface area contributed by atoms with Crippen LogP contribution in [-0.2, 0) is 4.79 Å². The molecule has 116 valence electrons. The molecule has 0 spiro atoms. The summed E-state index contributed by atoms with van der Waals surface area (Å²) in [5, 5.41) is 3.08. The van der Waals surface area contributed by atoms with Gasteiger partial charge in [-0.25, -0.2) is 0 Å². The van der Waals surface area contributed by atoms with Crippen molar-refractivity contribution in [3.8, 4) is 11.1 Å². The minimum Gasteiger partial charge on any atom is -0.350 e. The monoisotopic (exact) mass is 296 g/mol. The number of rotatable bonds is 4. The number of hydrogen-bond acceptors (Lipinski definition) is 2. The van der Waals surface area contributed by atoms with E-state index in [1.54, 1.807) is 6.20 Å². The van der Waals surface area contributed by atoms with E-state index >= 15 is 0 Å². The van der Waals surface area contributed by atoms with Gasteiger partial charge in [-0.15, -0.1) is 0 Å². The van der Waals surface area contributed by atoms with E-state index in [4.69, 9.17) is 0 Å². The molecule has 0 aliphatic carbocycles. The highest BCUT2D eigenvalue weighted by molar-refractivity contribution is 5.77. The third kappa shape index (κ3) is 4.69. The van der Waals surface area contributed by atoms with Crippen molar-refractivity contribution in [1.29, 1.82) is 0 Å². The predicted octanol–water partition coefficient (Wildman–Crippen LogP) is 4.36. The summed E-state index contributed by atoms with van der Waals surface area (Å²) >= 11 is 0. The molecule has 0 saturated carbocycles. The van der Waals surface area contributed by atoms with E-state index < -0.39 is 0 Å². The van der Waals surface area contributed by atoms with E-state index in [0.717, 1.165) is 16.7 Å². The summed E-state index contributed by atoms with van der Waals surface area (Å²) in [6, 6.07) is 12.2. The van der Waals surface area contributed by atoms with Crippen LogP contribution in [0.4, 0.5) is 0 Å². The Morgan fingerprint density at radius 2 is 1.91 bits per heavy atom. The molecule has 2 rings (SSSR count). The Labute approximate surface area is 132 Å². The fourth-order valence-corrected chi connectivity index (χ4v) is 2.38. The van der Waals surface area contributed by atoms with Crippen LogP contribution in [0.1, 0.15) is 45.7 Å². The molecule has 0 aliphatic rings. The van der Waals surface area contributed by atoms with Crippen LogP contribution < -0.4 is 5.32 Å². The van der Waals surface area contributed by atoms with Crippen molar-refractivity contribution in [2.75, 3.05) is 0 Å².